The van der Waals surface area contributed by atoms with Gasteiger partial charge in [0.2, 0.25) is 0 Å². The number of para-hydroxylation sites is 1. The van der Waals surface area contributed by atoms with Crippen molar-refractivity contribution in [3.05, 3.63) is 58.7 Å². The zero-order chi connectivity index (χ0) is 18.0. The van der Waals surface area contributed by atoms with Crippen LogP contribution in [0.2, 0.25) is 0 Å². The van der Waals surface area contributed by atoms with Gasteiger partial charge in [-0.1, -0.05) is 23.4 Å². The first-order chi connectivity index (χ1) is 11.9. The number of nitrogens with zero attached hydrogens (tertiary/aromatic N) is 3. The number of benzene rings is 1. The third-order valence-corrected chi connectivity index (χ3v) is 3.67. The van der Waals surface area contributed by atoms with Gasteiger partial charge in [0, 0.05) is 17.8 Å². The van der Waals surface area contributed by atoms with Crippen molar-refractivity contribution in [3.8, 4) is 0 Å². The molecule has 0 saturated carbocycles. The molecule has 128 valence electrons. The van der Waals surface area contributed by atoms with Gasteiger partial charge < -0.3 is 15.2 Å². The maximum atomic E-state index is 12.6. The van der Waals surface area contributed by atoms with E-state index in [2.05, 4.69) is 25.8 Å². The van der Waals surface area contributed by atoms with Crippen molar-refractivity contribution < 1.29 is 9.32 Å². The zero-order valence-corrected chi connectivity index (χ0v) is 14.5. The Bertz CT molecular complexity index is 913. The van der Waals surface area contributed by atoms with Crippen molar-refractivity contribution in [1.82, 2.24) is 15.1 Å². The molecule has 0 unspecified atom stereocenters. The molecule has 7 heteroatoms. The minimum atomic E-state index is -0.290. The van der Waals surface area contributed by atoms with Crippen LogP contribution in [0.25, 0.3) is 0 Å². The summed E-state index contributed by atoms with van der Waals surface area (Å²) >= 11 is 0. The third kappa shape index (κ3) is 3.82. The van der Waals surface area contributed by atoms with E-state index in [9.17, 15) is 4.79 Å². The van der Waals surface area contributed by atoms with E-state index in [-0.39, 0.29) is 11.6 Å². The van der Waals surface area contributed by atoms with Crippen molar-refractivity contribution in [3.63, 3.8) is 0 Å². The monoisotopic (exact) mass is 337 g/mol. The summed E-state index contributed by atoms with van der Waals surface area (Å²) in [5.74, 6) is 1.88. The van der Waals surface area contributed by atoms with Crippen LogP contribution in [0.15, 0.2) is 34.9 Å². The van der Waals surface area contributed by atoms with Crippen molar-refractivity contribution in [2.24, 2.45) is 0 Å². The molecule has 7 nitrogen and oxygen atoms in total. The average Bonchev–Trinajstić information content (AvgIpc) is 2.95. The number of hydrogen-bond acceptors (Lipinski definition) is 6. The van der Waals surface area contributed by atoms with Gasteiger partial charge in [-0.15, -0.1) is 0 Å². The maximum absolute atomic E-state index is 12.6. The highest BCUT2D eigenvalue weighted by Gasteiger charge is 2.14. The van der Waals surface area contributed by atoms with Crippen LogP contribution in [-0.2, 0) is 0 Å². The Morgan fingerprint density at radius 1 is 1.00 bits per heavy atom. The quantitative estimate of drug-likeness (QED) is 0.754. The molecule has 3 aromatic rings. The Balaban J connectivity index is 1.85. The largest absolute Gasteiger partial charge is 0.360 e. The Kier molecular flexibility index (Phi) is 4.47. The van der Waals surface area contributed by atoms with Gasteiger partial charge in [-0.3, -0.25) is 4.79 Å². The molecule has 0 fully saturated rings. The van der Waals surface area contributed by atoms with Crippen LogP contribution in [0.5, 0.6) is 0 Å². The Hall–Kier alpha value is -3.22. The zero-order valence-electron chi connectivity index (χ0n) is 14.5. The topological polar surface area (TPSA) is 92.9 Å². The number of amides is 1. The molecule has 0 aliphatic carbocycles. The normalized spacial score (nSPS) is 10.6. The fraction of sp³-hybridized carbons (Fsp3) is 0.222. The summed E-state index contributed by atoms with van der Waals surface area (Å²) in [4.78, 5) is 21.1. The molecule has 2 heterocycles. The lowest BCUT2D eigenvalue weighted by molar-refractivity contribution is 0.102. The van der Waals surface area contributed by atoms with E-state index in [0.29, 0.717) is 23.2 Å². The summed E-state index contributed by atoms with van der Waals surface area (Å²) in [5.41, 5.74) is 3.06. The highest BCUT2D eigenvalue weighted by Crippen LogP contribution is 2.21. The van der Waals surface area contributed by atoms with Crippen LogP contribution < -0.4 is 10.6 Å². The lowest BCUT2D eigenvalue weighted by Crippen LogP contribution is -2.16. The van der Waals surface area contributed by atoms with Crippen molar-refractivity contribution in [2.75, 3.05) is 10.6 Å². The SMILES string of the molecule is Cc1nc(Nc2cc(C)on2)cc(C(=O)Nc2c(C)cccc2C)n1. The first kappa shape index (κ1) is 16.6. The summed E-state index contributed by atoms with van der Waals surface area (Å²) in [5, 5.41) is 9.80. The fourth-order valence-corrected chi connectivity index (χ4v) is 2.49. The number of carbonyl (C=O) groups is 1. The molecular weight excluding hydrogens is 318 g/mol. The van der Waals surface area contributed by atoms with E-state index >= 15 is 0 Å². The number of aromatic nitrogens is 3. The summed E-state index contributed by atoms with van der Waals surface area (Å²) in [6.07, 6.45) is 0. The number of carbonyl (C=O) groups excluding carboxylic acids is 1. The van der Waals surface area contributed by atoms with Crippen LogP contribution in [0, 0.1) is 27.7 Å². The summed E-state index contributed by atoms with van der Waals surface area (Å²) < 4.78 is 5.01. The second-order valence-electron chi connectivity index (χ2n) is 5.85. The molecule has 1 aromatic carbocycles. The first-order valence-corrected chi connectivity index (χ1v) is 7.86. The van der Waals surface area contributed by atoms with E-state index in [4.69, 9.17) is 4.52 Å². The molecule has 0 aliphatic rings. The molecular formula is C18H19N5O2. The molecule has 0 atom stereocenters. The summed E-state index contributed by atoms with van der Waals surface area (Å²) in [7, 11) is 0. The minimum absolute atomic E-state index is 0.276. The molecule has 1 amide bonds. The van der Waals surface area contributed by atoms with Gasteiger partial charge in [-0.2, -0.15) is 0 Å². The summed E-state index contributed by atoms with van der Waals surface area (Å²) in [6.45, 7) is 7.43. The van der Waals surface area contributed by atoms with Crippen molar-refractivity contribution in [2.45, 2.75) is 27.7 Å². The van der Waals surface area contributed by atoms with E-state index in [1.807, 2.05) is 32.0 Å². The third-order valence-electron chi connectivity index (χ3n) is 3.67. The second kappa shape index (κ2) is 6.72. The van der Waals surface area contributed by atoms with Crippen LogP contribution in [0.3, 0.4) is 0 Å². The van der Waals surface area contributed by atoms with E-state index in [1.54, 1.807) is 26.0 Å². The van der Waals surface area contributed by atoms with Crippen molar-refractivity contribution >= 4 is 23.2 Å². The standard InChI is InChI=1S/C18H19N5O2/c1-10-6-5-7-11(2)17(10)22-18(24)14-9-15(20-13(4)19-14)21-16-8-12(3)25-23-16/h5-9H,1-4H3,(H,22,24)(H,19,20,21,23). The lowest BCUT2D eigenvalue weighted by Gasteiger charge is -2.12. The Morgan fingerprint density at radius 3 is 2.36 bits per heavy atom. The average molecular weight is 337 g/mol. The van der Waals surface area contributed by atoms with E-state index < -0.39 is 0 Å². The predicted octanol–water partition coefficient (Wildman–Crippen LogP) is 3.69. The molecule has 25 heavy (non-hydrogen) atoms. The molecule has 0 radical (unpaired) electrons. The number of rotatable bonds is 4. The number of aryl methyl sites for hydroxylation is 4. The molecule has 0 aliphatic heterocycles. The number of hydrogen-bond donors (Lipinski definition) is 2. The second-order valence-corrected chi connectivity index (χ2v) is 5.85. The van der Waals surface area contributed by atoms with Gasteiger partial charge in [0.25, 0.3) is 5.91 Å². The molecule has 0 saturated heterocycles. The molecule has 2 N–H and O–H groups in total. The lowest BCUT2D eigenvalue weighted by atomic mass is 10.1. The van der Waals surface area contributed by atoms with E-state index in [0.717, 1.165) is 16.8 Å². The maximum Gasteiger partial charge on any atom is 0.274 e. The van der Waals surface area contributed by atoms with Crippen molar-refractivity contribution in [1.29, 1.82) is 0 Å². The van der Waals surface area contributed by atoms with Crippen LogP contribution >= 0.6 is 0 Å². The first-order valence-electron chi connectivity index (χ1n) is 7.86. The fourth-order valence-electron chi connectivity index (χ4n) is 2.49. The Labute approximate surface area is 145 Å². The Morgan fingerprint density at radius 2 is 1.72 bits per heavy atom. The molecule has 3 rings (SSSR count). The highest BCUT2D eigenvalue weighted by molar-refractivity contribution is 6.04. The highest BCUT2D eigenvalue weighted by atomic mass is 16.5. The van der Waals surface area contributed by atoms with Gasteiger partial charge in [0.05, 0.1) is 0 Å². The predicted molar refractivity (Wildman–Crippen MR) is 95.2 cm³/mol. The van der Waals surface area contributed by atoms with Gasteiger partial charge in [0.1, 0.15) is 23.1 Å². The summed E-state index contributed by atoms with van der Waals surface area (Å²) in [6, 6.07) is 9.19. The van der Waals surface area contributed by atoms with Crippen LogP contribution in [-0.4, -0.2) is 21.0 Å². The van der Waals surface area contributed by atoms with E-state index in [1.165, 1.54) is 0 Å². The van der Waals surface area contributed by atoms with Crippen LogP contribution in [0.4, 0.5) is 17.3 Å². The molecule has 0 bridgehead atoms. The minimum Gasteiger partial charge on any atom is -0.360 e. The number of anilines is 3. The van der Waals surface area contributed by atoms with Gasteiger partial charge in [-0.25, -0.2) is 9.97 Å². The van der Waals surface area contributed by atoms with Gasteiger partial charge in [0.15, 0.2) is 5.82 Å². The van der Waals surface area contributed by atoms with Gasteiger partial charge >= 0.3 is 0 Å². The molecule has 2 aromatic heterocycles. The number of nitrogens with one attached hydrogen (secondary N) is 2. The molecule has 0 spiro atoms. The van der Waals surface area contributed by atoms with Crippen LogP contribution in [0.1, 0.15) is 33.2 Å². The van der Waals surface area contributed by atoms with Gasteiger partial charge in [-0.05, 0) is 38.8 Å². The smallest absolute Gasteiger partial charge is 0.274 e.